The number of halogens is 1. The van der Waals surface area contributed by atoms with Crippen LogP contribution in [0.3, 0.4) is 0 Å². The minimum absolute atomic E-state index is 0.0765. The third-order valence-electron chi connectivity index (χ3n) is 4.37. The molecule has 0 saturated heterocycles. The van der Waals surface area contributed by atoms with Crippen molar-refractivity contribution in [2.24, 2.45) is 10.2 Å². The minimum Gasteiger partial charge on any atom is -0.493 e. The molecule has 0 fully saturated rings. The molecule has 138 valence electrons. The van der Waals surface area contributed by atoms with E-state index in [0.717, 1.165) is 11.1 Å². The van der Waals surface area contributed by atoms with E-state index in [0.29, 0.717) is 22.5 Å². The average Bonchev–Trinajstić information content (AvgIpc) is 3.00. The van der Waals surface area contributed by atoms with Crippen LogP contribution >= 0.6 is 11.6 Å². The number of pyridine rings is 1. The number of azo groups is 1. The lowest BCUT2D eigenvalue weighted by Crippen LogP contribution is -1.99. The van der Waals surface area contributed by atoms with Crippen molar-refractivity contribution in [1.82, 2.24) is 9.55 Å². The summed E-state index contributed by atoms with van der Waals surface area (Å²) in [7, 11) is 0. The zero-order valence-electron chi connectivity index (χ0n) is 14.7. The summed E-state index contributed by atoms with van der Waals surface area (Å²) < 4.78 is 1.70. The monoisotopic (exact) mass is 390 g/mol. The van der Waals surface area contributed by atoms with E-state index in [1.54, 1.807) is 22.8 Å². The lowest BCUT2D eigenvalue weighted by atomic mass is 10.2. The van der Waals surface area contributed by atoms with Crippen LogP contribution in [0.15, 0.2) is 83.3 Å². The maximum atomic E-state index is 12.2. The molecule has 4 rings (SSSR count). The van der Waals surface area contributed by atoms with Crippen molar-refractivity contribution < 1.29 is 9.90 Å². The SMILES string of the molecule is O=C(N=Nc1c(O)n(Cc2ccccc2Cl)c2ccccc12)c1ccncc1. The molecular formula is C21H15ClN4O2. The predicted octanol–water partition coefficient (Wildman–Crippen LogP) is 5.37. The van der Waals surface area contributed by atoms with E-state index in [1.807, 2.05) is 42.5 Å². The fourth-order valence-electron chi connectivity index (χ4n) is 2.97. The molecule has 0 radical (unpaired) electrons. The summed E-state index contributed by atoms with van der Waals surface area (Å²) in [4.78, 5) is 16.1. The molecule has 6 nitrogen and oxygen atoms in total. The van der Waals surface area contributed by atoms with Crippen LogP contribution in [0.4, 0.5) is 5.69 Å². The van der Waals surface area contributed by atoms with E-state index in [1.165, 1.54) is 12.4 Å². The summed E-state index contributed by atoms with van der Waals surface area (Å²) in [6.07, 6.45) is 3.02. The summed E-state index contributed by atoms with van der Waals surface area (Å²) in [5.41, 5.74) is 2.24. The van der Waals surface area contributed by atoms with Crippen molar-refractivity contribution in [2.45, 2.75) is 6.54 Å². The highest BCUT2D eigenvalue weighted by molar-refractivity contribution is 6.31. The molecule has 0 bridgehead atoms. The van der Waals surface area contributed by atoms with Crippen molar-refractivity contribution in [2.75, 3.05) is 0 Å². The second-order valence-corrected chi connectivity index (χ2v) is 6.52. The van der Waals surface area contributed by atoms with Crippen molar-refractivity contribution in [3.05, 3.63) is 89.2 Å². The summed E-state index contributed by atoms with van der Waals surface area (Å²) in [6.45, 7) is 0.361. The zero-order valence-corrected chi connectivity index (χ0v) is 15.4. The number of nitrogens with zero attached hydrogens (tertiary/aromatic N) is 4. The van der Waals surface area contributed by atoms with Gasteiger partial charge in [0.25, 0.3) is 5.91 Å². The number of carbonyl (C=O) groups excluding carboxylic acids is 1. The fraction of sp³-hybridized carbons (Fsp3) is 0.0476. The maximum Gasteiger partial charge on any atom is 0.295 e. The molecular weight excluding hydrogens is 376 g/mol. The Labute approximate surface area is 165 Å². The molecule has 2 aromatic carbocycles. The van der Waals surface area contributed by atoms with Gasteiger partial charge in [-0.15, -0.1) is 10.2 Å². The summed E-state index contributed by atoms with van der Waals surface area (Å²) in [5, 5.41) is 19.9. The summed E-state index contributed by atoms with van der Waals surface area (Å²) >= 11 is 6.27. The van der Waals surface area contributed by atoms with Crippen LogP contribution in [0.2, 0.25) is 5.02 Å². The number of rotatable bonds is 4. The van der Waals surface area contributed by atoms with Crippen molar-refractivity contribution in [3.8, 4) is 5.88 Å². The second-order valence-electron chi connectivity index (χ2n) is 6.11. The minimum atomic E-state index is -0.510. The molecule has 0 aliphatic rings. The fourth-order valence-corrected chi connectivity index (χ4v) is 3.17. The van der Waals surface area contributed by atoms with Gasteiger partial charge in [-0.1, -0.05) is 48.0 Å². The lowest BCUT2D eigenvalue weighted by Gasteiger charge is -2.08. The molecule has 28 heavy (non-hydrogen) atoms. The van der Waals surface area contributed by atoms with Gasteiger partial charge in [0.05, 0.1) is 12.1 Å². The van der Waals surface area contributed by atoms with Gasteiger partial charge in [-0.2, -0.15) is 0 Å². The lowest BCUT2D eigenvalue weighted by molar-refractivity contribution is 0.0995. The number of aromatic hydroxyl groups is 1. The first-order chi connectivity index (χ1) is 13.6. The number of amides is 1. The smallest absolute Gasteiger partial charge is 0.295 e. The zero-order chi connectivity index (χ0) is 19.5. The Morgan fingerprint density at radius 3 is 2.54 bits per heavy atom. The number of benzene rings is 2. The van der Waals surface area contributed by atoms with Crippen LogP contribution in [0.5, 0.6) is 5.88 Å². The van der Waals surface area contributed by atoms with E-state index < -0.39 is 5.91 Å². The molecule has 0 spiro atoms. The van der Waals surface area contributed by atoms with Gasteiger partial charge in [-0.3, -0.25) is 9.78 Å². The number of carbonyl (C=O) groups is 1. The Bertz CT molecular complexity index is 1190. The Hall–Kier alpha value is -3.51. The number of hydrogen-bond donors (Lipinski definition) is 1. The maximum absolute atomic E-state index is 12.2. The van der Waals surface area contributed by atoms with Gasteiger partial charge in [0.15, 0.2) is 5.69 Å². The van der Waals surface area contributed by atoms with E-state index >= 15 is 0 Å². The first kappa shape index (κ1) is 17.9. The Kier molecular flexibility index (Phi) is 4.87. The van der Waals surface area contributed by atoms with Crippen LogP contribution < -0.4 is 0 Å². The average molecular weight is 391 g/mol. The van der Waals surface area contributed by atoms with Crippen LogP contribution in [0, 0.1) is 0 Å². The van der Waals surface area contributed by atoms with Crippen molar-refractivity contribution in [3.63, 3.8) is 0 Å². The Morgan fingerprint density at radius 1 is 1.04 bits per heavy atom. The Morgan fingerprint density at radius 2 is 1.75 bits per heavy atom. The molecule has 7 heteroatoms. The molecule has 1 N–H and O–H groups in total. The molecule has 4 aromatic rings. The normalized spacial score (nSPS) is 11.3. The van der Waals surface area contributed by atoms with Gasteiger partial charge >= 0.3 is 0 Å². The first-order valence-electron chi connectivity index (χ1n) is 8.55. The molecule has 0 atom stereocenters. The third kappa shape index (κ3) is 3.37. The van der Waals surface area contributed by atoms with Crippen LogP contribution in [-0.2, 0) is 6.54 Å². The van der Waals surface area contributed by atoms with Gasteiger partial charge in [0.1, 0.15) is 0 Å². The standard InChI is InChI=1S/C21H15ClN4O2/c22-17-7-3-1-5-15(17)13-26-18-8-4-2-6-16(18)19(21(26)28)24-25-20(27)14-9-11-23-12-10-14/h1-12,28H,13H2. The van der Waals surface area contributed by atoms with Gasteiger partial charge in [-0.25, -0.2) is 0 Å². The van der Waals surface area contributed by atoms with Crippen LogP contribution in [-0.4, -0.2) is 20.6 Å². The number of para-hydroxylation sites is 1. The van der Waals surface area contributed by atoms with Crippen molar-refractivity contribution >= 4 is 34.1 Å². The molecule has 1 amide bonds. The first-order valence-corrected chi connectivity index (χ1v) is 8.92. The van der Waals surface area contributed by atoms with Crippen LogP contribution in [0.25, 0.3) is 10.9 Å². The van der Waals surface area contributed by atoms with E-state index in [4.69, 9.17) is 11.6 Å². The molecule has 0 aliphatic carbocycles. The highest BCUT2D eigenvalue weighted by Crippen LogP contribution is 2.39. The van der Waals surface area contributed by atoms with E-state index in [2.05, 4.69) is 15.2 Å². The largest absolute Gasteiger partial charge is 0.493 e. The van der Waals surface area contributed by atoms with Gasteiger partial charge < -0.3 is 9.67 Å². The Balaban J connectivity index is 1.75. The van der Waals surface area contributed by atoms with E-state index in [9.17, 15) is 9.90 Å². The van der Waals surface area contributed by atoms with Crippen LogP contribution in [0.1, 0.15) is 15.9 Å². The molecule has 0 aliphatic heterocycles. The van der Waals surface area contributed by atoms with Crippen molar-refractivity contribution in [1.29, 1.82) is 0 Å². The number of aromatic nitrogens is 2. The molecule has 2 heterocycles. The van der Waals surface area contributed by atoms with Gasteiger partial charge in [-0.05, 0) is 29.8 Å². The third-order valence-corrected chi connectivity index (χ3v) is 4.74. The van der Waals surface area contributed by atoms with Gasteiger partial charge in [0, 0.05) is 28.4 Å². The quantitative estimate of drug-likeness (QED) is 0.476. The molecule has 0 unspecified atom stereocenters. The van der Waals surface area contributed by atoms with Gasteiger partial charge in [0.2, 0.25) is 5.88 Å². The summed E-state index contributed by atoms with van der Waals surface area (Å²) in [6, 6.07) is 17.9. The highest BCUT2D eigenvalue weighted by atomic mass is 35.5. The van der Waals surface area contributed by atoms with E-state index in [-0.39, 0.29) is 11.6 Å². The number of hydrogen-bond acceptors (Lipinski definition) is 4. The molecule has 0 saturated carbocycles. The predicted molar refractivity (Wildman–Crippen MR) is 107 cm³/mol. The number of fused-ring (bicyclic) bond motifs is 1. The molecule has 2 aromatic heterocycles. The topological polar surface area (TPSA) is 79.8 Å². The summed E-state index contributed by atoms with van der Waals surface area (Å²) in [5.74, 6) is -0.586. The highest BCUT2D eigenvalue weighted by Gasteiger charge is 2.17. The second kappa shape index (κ2) is 7.62.